The molecule has 0 bridgehead atoms. The van der Waals surface area contributed by atoms with Gasteiger partial charge in [0.15, 0.2) is 0 Å². The SMILES string of the molecule is CCN(CC)C(=O)C(c1ccccc1)N1CCN(c2ccccc2OC)CC1. The first kappa shape index (κ1) is 20.2. The van der Waals surface area contributed by atoms with Crippen molar-refractivity contribution >= 4 is 11.6 Å². The van der Waals surface area contributed by atoms with E-state index in [2.05, 4.69) is 28.0 Å². The minimum atomic E-state index is -0.221. The molecule has 0 saturated carbocycles. The average molecular weight is 382 g/mol. The van der Waals surface area contributed by atoms with Crippen LogP contribution >= 0.6 is 0 Å². The molecule has 5 heteroatoms. The van der Waals surface area contributed by atoms with Crippen molar-refractivity contribution < 1.29 is 9.53 Å². The fraction of sp³-hybridized carbons (Fsp3) is 0.435. The standard InChI is InChI=1S/C23H31N3O2/c1-4-24(5-2)23(27)22(19-11-7-6-8-12-19)26-17-15-25(16-18-26)20-13-9-10-14-21(20)28-3/h6-14,22H,4-5,15-18H2,1-3H3. The van der Waals surface area contributed by atoms with E-state index in [0.29, 0.717) is 0 Å². The molecule has 2 aromatic rings. The number of anilines is 1. The number of nitrogens with zero attached hydrogens (tertiary/aromatic N) is 3. The number of piperazine rings is 1. The highest BCUT2D eigenvalue weighted by Gasteiger charge is 2.32. The molecule has 1 heterocycles. The first-order valence-corrected chi connectivity index (χ1v) is 10.1. The largest absolute Gasteiger partial charge is 0.495 e. The fourth-order valence-electron chi connectivity index (χ4n) is 3.97. The maximum atomic E-state index is 13.3. The molecule has 1 aliphatic heterocycles. The molecule has 0 spiro atoms. The lowest BCUT2D eigenvalue weighted by Gasteiger charge is -2.41. The molecule has 28 heavy (non-hydrogen) atoms. The van der Waals surface area contributed by atoms with Crippen LogP contribution in [-0.2, 0) is 4.79 Å². The van der Waals surface area contributed by atoms with E-state index in [9.17, 15) is 4.79 Å². The molecule has 0 aliphatic carbocycles. The molecule has 0 aromatic heterocycles. The van der Waals surface area contributed by atoms with Crippen LogP contribution in [0.25, 0.3) is 0 Å². The lowest BCUT2D eigenvalue weighted by atomic mass is 10.0. The van der Waals surface area contributed by atoms with Crippen LogP contribution in [0.5, 0.6) is 5.75 Å². The van der Waals surface area contributed by atoms with E-state index >= 15 is 0 Å². The second-order valence-electron chi connectivity index (χ2n) is 7.02. The first-order chi connectivity index (χ1) is 13.7. The van der Waals surface area contributed by atoms with Gasteiger partial charge in [0.1, 0.15) is 11.8 Å². The molecule has 1 saturated heterocycles. The van der Waals surface area contributed by atoms with Crippen molar-refractivity contribution in [1.82, 2.24) is 9.80 Å². The number of hydrogen-bond donors (Lipinski definition) is 0. The Labute approximate surface area is 168 Å². The molecule has 3 rings (SSSR count). The monoisotopic (exact) mass is 381 g/mol. The Morgan fingerprint density at radius 1 is 0.964 bits per heavy atom. The van der Waals surface area contributed by atoms with Gasteiger partial charge in [0, 0.05) is 39.3 Å². The zero-order valence-corrected chi connectivity index (χ0v) is 17.2. The van der Waals surface area contributed by atoms with Crippen LogP contribution in [0, 0.1) is 0 Å². The number of methoxy groups -OCH3 is 1. The first-order valence-electron chi connectivity index (χ1n) is 10.1. The smallest absolute Gasteiger partial charge is 0.244 e. The quantitative estimate of drug-likeness (QED) is 0.736. The van der Waals surface area contributed by atoms with E-state index in [0.717, 1.165) is 56.3 Å². The Morgan fingerprint density at radius 3 is 2.18 bits per heavy atom. The topological polar surface area (TPSA) is 36.0 Å². The molecule has 0 radical (unpaired) electrons. The van der Waals surface area contributed by atoms with E-state index in [-0.39, 0.29) is 11.9 Å². The van der Waals surface area contributed by atoms with Gasteiger partial charge in [0.2, 0.25) is 5.91 Å². The van der Waals surface area contributed by atoms with E-state index in [1.807, 2.05) is 55.1 Å². The second-order valence-corrected chi connectivity index (χ2v) is 7.02. The van der Waals surface area contributed by atoms with Gasteiger partial charge in [-0.15, -0.1) is 0 Å². The Bertz CT molecular complexity index is 753. The summed E-state index contributed by atoms with van der Waals surface area (Å²) in [6, 6.07) is 18.1. The van der Waals surface area contributed by atoms with E-state index in [4.69, 9.17) is 4.74 Å². The van der Waals surface area contributed by atoms with E-state index < -0.39 is 0 Å². The Kier molecular flexibility index (Phi) is 6.93. The van der Waals surface area contributed by atoms with Gasteiger partial charge in [-0.05, 0) is 31.5 Å². The summed E-state index contributed by atoms with van der Waals surface area (Å²) in [5.74, 6) is 1.09. The van der Waals surface area contributed by atoms with Crippen molar-refractivity contribution in [3.05, 3.63) is 60.2 Å². The van der Waals surface area contributed by atoms with Crippen molar-refractivity contribution in [2.45, 2.75) is 19.9 Å². The van der Waals surface area contributed by atoms with Gasteiger partial charge in [-0.2, -0.15) is 0 Å². The predicted octanol–water partition coefficient (Wildman–Crippen LogP) is 3.43. The molecule has 2 aromatic carbocycles. The second kappa shape index (κ2) is 9.60. The van der Waals surface area contributed by atoms with Crippen molar-refractivity contribution in [3.8, 4) is 5.75 Å². The number of ether oxygens (including phenoxy) is 1. The maximum absolute atomic E-state index is 13.3. The molecular weight excluding hydrogens is 350 g/mol. The molecule has 1 atom stereocenters. The molecule has 0 N–H and O–H groups in total. The van der Waals surface area contributed by atoms with E-state index in [1.54, 1.807) is 7.11 Å². The Hall–Kier alpha value is -2.53. The van der Waals surface area contributed by atoms with Crippen LogP contribution in [0.4, 0.5) is 5.69 Å². The number of carbonyl (C=O) groups excluding carboxylic acids is 1. The van der Waals surface area contributed by atoms with Crippen molar-refractivity contribution in [3.63, 3.8) is 0 Å². The number of amides is 1. The molecular formula is C23H31N3O2. The predicted molar refractivity (Wildman–Crippen MR) is 114 cm³/mol. The normalized spacial score (nSPS) is 15.9. The van der Waals surface area contributed by atoms with E-state index in [1.165, 1.54) is 0 Å². The number of rotatable bonds is 7. The lowest BCUT2D eigenvalue weighted by Crippen LogP contribution is -2.51. The third-order valence-electron chi connectivity index (χ3n) is 5.53. The van der Waals surface area contributed by atoms with Crippen LogP contribution in [0.1, 0.15) is 25.5 Å². The highest BCUT2D eigenvalue weighted by atomic mass is 16.5. The van der Waals surface area contributed by atoms with Crippen LogP contribution < -0.4 is 9.64 Å². The van der Waals surface area contributed by atoms with Crippen LogP contribution in [0.3, 0.4) is 0 Å². The van der Waals surface area contributed by atoms with Gasteiger partial charge < -0.3 is 14.5 Å². The van der Waals surface area contributed by atoms with Gasteiger partial charge in [0.25, 0.3) is 0 Å². The number of benzene rings is 2. The highest BCUT2D eigenvalue weighted by Crippen LogP contribution is 2.30. The zero-order valence-electron chi connectivity index (χ0n) is 17.2. The molecule has 1 unspecified atom stereocenters. The van der Waals surface area contributed by atoms with Gasteiger partial charge in [-0.1, -0.05) is 42.5 Å². The maximum Gasteiger partial charge on any atom is 0.244 e. The Morgan fingerprint density at radius 2 is 1.57 bits per heavy atom. The summed E-state index contributed by atoms with van der Waals surface area (Å²) in [7, 11) is 1.71. The fourth-order valence-corrected chi connectivity index (χ4v) is 3.97. The summed E-state index contributed by atoms with van der Waals surface area (Å²) in [4.78, 5) is 19.9. The van der Waals surface area contributed by atoms with Gasteiger partial charge in [0.05, 0.1) is 12.8 Å². The van der Waals surface area contributed by atoms with Crippen LogP contribution in [0.15, 0.2) is 54.6 Å². The van der Waals surface area contributed by atoms with Crippen LogP contribution in [0.2, 0.25) is 0 Å². The summed E-state index contributed by atoms with van der Waals surface area (Å²) in [6.45, 7) is 8.98. The number of hydrogen-bond acceptors (Lipinski definition) is 4. The zero-order chi connectivity index (χ0) is 19.9. The Balaban J connectivity index is 1.79. The number of likely N-dealkylation sites (N-methyl/N-ethyl adjacent to an activating group) is 1. The van der Waals surface area contributed by atoms with Crippen molar-refractivity contribution in [2.24, 2.45) is 0 Å². The van der Waals surface area contributed by atoms with Crippen molar-refractivity contribution in [1.29, 1.82) is 0 Å². The summed E-state index contributed by atoms with van der Waals surface area (Å²) >= 11 is 0. The third kappa shape index (κ3) is 4.30. The molecule has 1 aliphatic rings. The number of para-hydroxylation sites is 2. The summed E-state index contributed by atoms with van der Waals surface area (Å²) in [6.07, 6.45) is 0. The van der Waals surface area contributed by atoms with Crippen molar-refractivity contribution in [2.75, 3.05) is 51.3 Å². The van der Waals surface area contributed by atoms with Gasteiger partial charge in [-0.3, -0.25) is 9.69 Å². The minimum Gasteiger partial charge on any atom is -0.495 e. The van der Waals surface area contributed by atoms with Gasteiger partial charge >= 0.3 is 0 Å². The highest BCUT2D eigenvalue weighted by molar-refractivity contribution is 5.83. The van der Waals surface area contributed by atoms with Crippen LogP contribution in [-0.4, -0.2) is 62.1 Å². The van der Waals surface area contributed by atoms with Gasteiger partial charge in [-0.25, -0.2) is 0 Å². The lowest BCUT2D eigenvalue weighted by molar-refractivity contribution is -0.137. The molecule has 150 valence electrons. The summed E-state index contributed by atoms with van der Waals surface area (Å²) in [5, 5.41) is 0. The molecule has 1 amide bonds. The average Bonchev–Trinajstić information content (AvgIpc) is 2.76. The summed E-state index contributed by atoms with van der Waals surface area (Å²) in [5.41, 5.74) is 2.20. The number of carbonyl (C=O) groups is 1. The molecule has 1 fully saturated rings. The molecule has 5 nitrogen and oxygen atoms in total. The summed E-state index contributed by atoms with van der Waals surface area (Å²) < 4.78 is 5.52. The minimum absolute atomic E-state index is 0.196. The third-order valence-corrected chi connectivity index (χ3v) is 5.53.